The van der Waals surface area contributed by atoms with Gasteiger partial charge in [0, 0.05) is 13.5 Å². The van der Waals surface area contributed by atoms with E-state index in [1.807, 2.05) is 0 Å². The molecule has 0 saturated carbocycles. The molecule has 0 aliphatic carbocycles. The van der Waals surface area contributed by atoms with Crippen LogP contribution in [0, 0.1) is 0 Å². The first-order chi connectivity index (χ1) is 5.20. The summed E-state index contributed by atoms with van der Waals surface area (Å²) in [6, 6.07) is 0. The van der Waals surface area contributed by atoms with E-state index in [4.69, 9.17) is 16.3 Å². The second-order valence-electron chi connectivity index (χ2n) is 2.20. The molecule has 0 fully saturated rings. The van der Waals surface area contributed by atoms with E-state index in [9.17, 15) is 4.79 Å². The summed E-state index contributed by atoms with van der Waals surface area (Å²) in [6.07, 6.45) is 0.421. The van der Waals surface area contributed by atoms with Crippen LogP contribution in [-0.2, 0) is 9.53 Å². The van der Waals surface area contributed by atoms with Crippen LogP contribution in [0.15, 0.2) is 16.6 Å². The van der Waals surface area contributed by atoms with E-state index in [1.165, 1.54) is 7.11 Å². The molecule has 0 amide bonds. The summed E-state index contributed by atoms with van der Waals surface area (Å²) in [4.78, 5) is 11.9. The van der Waals surface area contributed by atoms with Gasteiger partial charge < -0.3 is 9.64 Å². The average molecular weight is 174 g/mol. The molecule has 0 radical (unpaired) electrons. The number of rotatable bonds is 1. The Labute approximate surface area is 69.9 Å². The van der Waals surface area contributed by atoms with Gasteiger partial charge in [0.15, 0.2) is 0 Å². The van der Waals surface area contributed by atoms with Crippen LogP contribution in [0.3, 0.4) is 0 Å². The SMILES string of the molecule is COC1=C(Cl)CC(=C=O)N1C. The van der Waals surface area contributed by atoms with Gasteiger partial charge in [0.05, 0.1) is 12.1 Å². The molecule has 0 bridgehead atoms. The van der Waals surface area contributed by atoms with Crippen LogP contribution in [0.4, 0.5) is 0 Å². The third-order valence-corrected chi connectivity index (χ3v) is 1.87. The molecular weight excluding hydrogens is 166 g/mol. The van der Waals surface area contributed by atoms with Crippen LogP contribution in [0.1, 0.15) is 6.42 Å². The van der Waals surface area contributed by atoms with Crippen molar-refractivity contribution >= 4 is 17.5 Å². The number of carbonyl (C=O) groups excluding carboxylic acids is 1. The van der Waals surface area contributed by atoms with Crippen LogP contribution in [0.5, 0.6) is 0 Å². The highest BCUT2D eigenvalue weighted by atomic mass is 35.5. The number of halogens is 1. The normalized spacial score (nSPS) is 17.4. The fourth-order valence-electron chi connectivity index (χ4n) is 0.998. The zero-order valence-corrected chi connectivity index (χ0v) is 7.10. The minimum absolute atomic E-state index is 0.421. The molecule has 0 atom stereocenters. The fraction of sp³-hybridized carbons (Fsp3) is 0.429. The van der Waals surface area contributed by atoms with Crippen LogP contribution in [0.25, 0.3) is 0 Å². The summed E-state index contributed by atoms with van der Waals surface area (Å²) in [5.41, 5.74) is 0.506. The Bertz CT molecular complexity index is 253. The second-order valence-corrected chi connectivity index (χ2v) is 2.65. The van der Waals surface area contributed by atoms with E-state index >= 15 is 0 Å². The molecule has 60 valence electrons. The zero-order chi connectivity index (χ0) is 8.43. The van der Waals surface area contributed by atoms with Gasteiger partial charge >= 0.3 is 0 Å². The van der Waals surface area contributed by atoms with E-state index < -0.39 is 0 Å². The molecule has 1 heterocycles. The molecule has 1 rings (SSSR count). The highest BCUT2D eigenvalue weighted by molar-refractivity contribution is 6.30. The van der Waals surface area contributed by atoms with Crippen molar-refractivity contribution in [1.29, 1.82) is 0 Å². The maximum absolute atomic E-state index is 10.3. The maximum Gasteiger partial charge on any atom is 0.209 e. The van der Waals surface area contributed by atoms with Crippen molar-refractivity contribution in [2.45, 2.75) is 6.42 Å². The molecule has 1 aliphatic heterocycles. The Kier molecular flexibility index (Phi) is 2.22. The number of hydrogen-bond donors (Lipinski definition) is 0. The van der Waals surface area contributed by atoms with Crippen molar-refractivity contribution in [2.24, 2.45) is 0 Å². The Balaban J connectivity index is 2.95. The summed E-state index contributed by atoms with van der Waals surface area (Å²) in [5, 5.41) is 0.549. The summed E-state index contributed by atoms with van der Waals surface area (Å²) in [5.74, 6) is 2.33. The second kappa shape index (κ2) is 2.99. The quantitative estimate of drug-likeness (QED) is 0.556. The lowest BCUT2D eigenvalue weighted by Gasteiger charge is -2.13. The van der Waals surface area contributed by atoms with Gasteiger partial charge in [-0.25, -0.2) is 4.79 Å². The van der Waals surface area contributed by atoms with E-state index in [2.05, 4.69) is 0 Å². The van der Waals surface area contributed by atoms with Crippen molar-refractivity contribution in [3.05, 3.63) is 16.6 Å². The minimum atomic E-state index is 0.421. The predicted octanol–water partition coefficient (Wildman–Crippen LogP) is 1.09. The van der Waals surface area contributed by atoms with Gasteiger partial charge in [-0.3, -0.25) is 0 Å². The standard InChI is InChI=1S/C7H8ClNO2/c1-9-5(4-10)3-6(8)7(9)11-2/h3H2,1-2H3. The van der Waals surface area contributed by atoms with Crippen molar-refractivity contribution in [3.8, 4) is 0 Å². The summed E-state index contributed by atoms with van der Waals surface area (Å²) in [7, 11) is 3.23. The molecule has 0 aromatic rings. The Morgan fingerprint density at radius 2 is 2.36 bits per heavy atom. The maximum atomic E-state index is 10.3. The third kappa shape index (κ3) is 1.25. The lowest BCUT2D eigenvalue weighted by Crippen LogP contribution is -2.13. The van der Waals surface area contributed by atoms with Crippen molar-refractivity contribution in [2.75, 3.05) is 14.2 Å². The van der Waals surface area contributed by atoms with Crippen molar-refractivity contribution in [1.82, 2.24) is 4.90 Å². The van der Waals surface area contributed by atoms with E-state index in [-0.39, 0.29) is 0 Å². The van der Waals surface area contributed by atoms with Crippen LogP contribution < -0.4 is 0 Å². The number of allylic oxidation sites excluding steroid dienone is 1. The molecular formula is C7H8ClNO2. The smallest absolute Gasteiger partial charge is 0.209 e. The lowest BCUT2D eigenvalue weighted by atomic mass is 10.4. The van der Waals surface area contributed by atoms with Gasteiger partial charge in [0.25, 0.3) is 0 Å². The molecule has 0 aromatic carbocycles. The van der Waals surface area contributed by atoms with Gasteiger partial charge in [-0.05, 0) is 0 Å². The summed E-state index contributed by atoms with van der Waals surface area (Å²) in [6.45, 7) is 0. The highest BCUT2D eigenvalue weighted by Gasteiger charge is 2.24. The van der Waals surface area contributed by atoms with Crippen LogP contribution in [-0.4, -0.2) is 25.0 Å². The Hall–Kier alpha value is -0.920. The topological polar surface area (TPSA) is 29.5 Å². The van der Waals surface area contributed by atoms with Crippen molar-refractivity contribution < 1.29 is 9.53 Å². The van der Waals surface area contributed by atoms with E-state index in [0.717, 1.165) is 0 Å². The highest BCUT2D eigenvalue weighted by Crippen LogP contribution is 2.30. The minimum Gasteiger partial charge on any atom is -0.481 e. The monoisotopic (exact) mass is 173 g/mol. The predicted molar refractivity (Wildman–Crippen MR) is 41.5 cm³/mol. The Morgan fingerprint density at radius 3 is 2.64 bits per heavy atom. The first-order valence-corrected chi connectivity index (χ1v) is 3.48. The number of hydrogen-bond acceptors (Lipinski definition) is 3. The van der Waals surface area contributed by atoms with Gasteiger partial charge in [-0.1, -0.05) is 11.6 Å². The van der Waals surface area contributed by atoms with Crippen LogP contribution >= 0.6 is 11.6 Å². The summed E-state index contributed by atoms with van der Waals surface area (Å²) < 4.78 is 4.94. The first-order valence-electron chi connectivity index (χ1n) is 3.11. The summed E-state index contributed by atoms with van der Waals surface area (Å²) >= 11 is 5.76. The van der Waals surface area contributed by atoms with E-state index in [1.54, 1.807) is 17.9 Å². The van der Waals surface area contributed by atoms with Gasteiger partial charge in [-0.2, -0.15) is 0 Å². The molecule has 0 saturated heterocycles. The molecule has 4 heteroatoms. The van der Waals surface area contributed by atoms with Crippen LogP contribution in [0.2, 0.25) is 0 Å². The molecule has 0 spiro atoms. The largest absolute Gasteiger partial charge is 0.481 e. The molecule has 11 heavy (non-hydrogen) atoms. The molecule has 0 N–H and O–H groups in total. The van der Waals surface area contributed by atoms with Gasteiger partial charge in [-0.15, -0.1) is 0 Å². The first kappa shape index (κ1) is 8.18. The molecule has 0 aromatic heterocycles. The Morgan fingerprint density at radius 1 is 1.73 bits per heavy atom. The lowest BCUT2D eigenvalue weighted by molar-refractivity contribution is 0.207. The number of nitrogens with zero attached hydrogens (tertiary/aromatic N) is 1. The average Bonchev–Trinajstić information content (AvgIpc) is 2.26. The van der Waals surface area contributed by atoms with Gasteiger partial charge in [0.1, 0.15) is 11.6 Å². The molecule has 1 aliphatic rings. The number of ether oxygens (including phenoxy) is 1. The molecule has 0 unspecified atom stereocenters. The fourth-order valence-corrected chi connectivity index (χ4v) is 1.33. The zero-order valence-electron chi connectivity index (χ0n) is 6.35. The van der Waals surface area contributed by atoms with E-state index in [0.29, 0.717) is 23.0 Å². The van der Waals surface area contributed by atoms with Crippen molar-refractivity contribution in [3.63, 3.8) is 0 Å². The van der Waals surface area contributed by atoms with Gasteiger partial charge in [0.2, 0.25) is 5.88 Å². The molecule has 3 nitrogen and oxygen atoms in total. The third-order valence-electron chi connectivity index (χ3n) is 1.58. The number of methoxy groups -OCH3 is 1.